The van der Waals surface area contributed by atoms with Gasteiger partial charge in [-0.3, -0.25) is 14.4 Å². The number of pyridine rings is 2. The molecular formula is C26H21F5N4O3. The highest BCUT2D eigenvalue weighted by Gasteiger charge is 2.49. The van der Waals surface area contributed by atoms with Gasteiger partial charge < -0.3 is 14.8 Å². The molecule has 1 fully saturated rings. The van der Waals surface area contributed by atoms with E-state index in [4.69, 9.17) is 0 Å². The number of nitrogens with one attached hydrogen (secondary N) is 1. The number of alkyl halides is 3. The van der Waals surface area contributed by atoms with Crippen molar-refractivity contribution >= 4 is 17.6 Å². The van der Waals surface area contributed by atoms with Gasteiger partial charge >= 0.3 is 6.18 Å². The second kappa shape index (κ2) is 9.34. The van der Waals surface area contributed by atoms with Gasteiger partial charge in [0.1, 0.15) is 12.4 Å². The van der Waals surface area contributed by atoms with Crippen LogP contribution in [0.25, 0.3) is 11.1 Å². The normalized spacial score (nSPS) is 16.4. The predicted molar refractivity (Wildman–Crippen MR) is 126 cm³/mol. The van der Waals surface area contributed by atoms with Gasteiger partial charge in [0.05, 0.1) is 11.8 Å². The van der Waals surface area contributed by atoms with E-state index in [0.717, 1.165) is 23.9 Å². The lowest BCUT2D eigenvalue weighted by Crippen LogP contribution is -2.49. The Morgan fingerprint density at radius 1 is 1.08 bits per heavy atom. The van der Waals surface area contributed by atoms with Gasteiger partial charge in [0, 0.05) is 47.7 Å². The average Bonchev–Trinajstić information content (AvgIpc) is 3.13. The fraction of sp³-hybridized carbons (Fsp3) is 0.308. The first kappa shape index (κ1) is 25.6. The number of aromatic nitrogens is 2. The maximum Gasteiger partial charge on any atom is 0.406 e. The van der Waals surface area contributed by atoms with Gasteiger partial charge in [-0.2, -0.15) is 13.2 Å². The van der Waals surface area contributed by atoms with Crippen LogP contribution in [-0.2, 0) is 28.0 Å². The molecule has 5 rings (SSSR count). The molecule has 2 amide bonds. The Labute approximate surface area is 212 Å². The number of carbonyl (C=O) groups excluding carboxylic acids is 2. The summed E-state index contributed by atoms with van der Waals surface area (Å²) in [4.78, 5) is 44.3. The molecule has 38 heavy (non-hydrogen) atoms. The lowest BCUT2D eigenvalue weighted by molar-refractivity contribution is -0.141. The minimum atomic E-state index is -4.77. The van der Waals surface area contributed by atoms with E-state index < -0.39 is 47.7 Å². The van der Waals surface area contributed by atoms with Crippen molar-refractivity contribution in [2.75, 3.05) is 18.4 Å². The molecule has 2 aliphatic rings. The quantitative estimate of drug-likeness (QED) is 0.519. The van der Waals surface area contributed by atoms with E-state index in [9.17, 15) is 36.3 Å². The molecule has 0 radical (unpaired) electrons. The van der Waals surface area contributed by atoms with Gasteiger partial charge in [0.25, 0.3) is 5.56 Å². The van der Waals surface area contributed by atoms with Crippen LogP contribution in [0.4, 0.5) is 27.8 Å². The molecule has 2 aliphatic heterocycles. The summed E-state index contributed by atoms with van der Waals surface area (Å²) in [5.41, 5.74) is -1.94. The second-order valence-corrected chi connectivity index (χ2v) is 9.40. The zero-order chi connectivity index (χ0) is 27.2. The van der Waals surface area contributed by atoms with Crippen molar-refractivity contribution < 1.29 is 31.5 Å². The van der Waals surface area contributed by atoms with Crippen molar-refractivity contribution in [3.8, 4) is 11.1 Å². The number of piperidine rings is 1. The molecule has 7 nitrogen and oxygen atoms in total. The lowest BCUT2D eigenvalue weighted by Gasteiger charge is -2.37. The van der Waals surface area contributed by atoms with Crippen LogP contribution >= 0.6 is 0 Å². The summed E-state index contributed by atoms with van der Waals surface area (Å²) in [6.45, 7) is -1.31. The summed E-state index contributed by atoms with van der Waals surface area (Å²) >= 11 is 0. The Bertz CT molecular complexity index is 1490. The molecule has 0 saturated carbocycles. The fourth-order valence-electron chi connectivity index (χ4n) is 5.16. The highest BCUT2D eigenvalue weighted by Crippen LogP contribution is 2.43. The highest BCUT2D eigenvalue weighted by atomic mass is 19.4. The molecule has 0 atom stereocenters. The molecule has 2 aromatic heterocycles. The molecule has 1 saturated heterocycles. The first-order chi connectivity index (χ1) is 18.0. The van der Waals surface area contributed by atoms with Crippen LogP contribution in [0.15, 0.2) is 53.6 Å². The topological polar surface area (TPSA) is 84.3 Å². The molecule has 1 N–H and O–H groups in total. The van der Waals surface area contributed by atoms with Crippen LogP contribution in [-0.4, -0.2) is 45.5 Å². The third kappa shape index (κ3) is 4.54. The predicted octanol–water partition coefficient (Wildman–Crippen LogP) is 3.81. The minimum absolute atomic E-state index is 0.169. The van der Waals surface area contributed by atoms with Gasteiger partial charge in [-0.05, 0) is 31.0 Å². The maximum absolute atomic E-state index is 14.4. The van der Waals surface area contributed by atoms with Crippen molar-refractivity contribution in [3.05, 3.63) is 81.9 Å². The summed E-state index contributed by atoms with van der Waals surface area (Å²) in [6.07, 6.45) is -2.34. The number of rotatable bonds is 4. The van der Waals surface area contributed by atoms with Crippen LogP contribution in [0, 0.1) is 11.6 Å². The van der Waals surface area contributed by atoms with Gasteiger partial charge in [-0.1, -0.05) is 18.2 Å². The first-order valence-corrected chi connectivity index (χ1v) is 11.8. The van der Waals surface area contributed by atoms with E-state index in [1.165, 1.54) is 17.0 Å². The minimum Gasteiger partial charge on any atom is -0.342 e. The van der Waals surface area contributed by atoms with Crippen molar-refractivity contribution in [2.45, 2.75) is 37.4 Å². The zero-order valence-electron chi connectivity index (χ0n) is 19.8. The maximum atomic E-state index is 14.4. The summed E-state index contributed by atoms with van der Waals surface area (Å²) < 4.78 is 68.1. The Hall–Kier alpha value is -4.09. The number of carbonyl (C=O) groups is 2. The van der Waals surface area contributed by atoms with E-state index >= 15 is 0 Å². The number of nitrogens with zero attached hydrogens (tertiary/aromatic N) is 3. The number of hydrogen-bond acceptors (Lipinski definition) is 4. The third-order valence-electron chi connectivity index (χ3n) is 7.07. The molecule has 198 valence electrons. The van der Waals surface area contributed by atoms with E-state index in [0.29, 0.717) is 23.2 Å². The molecule has 4 heterocycles. The summed E-state index contributed by atoms with van der Waals surface area (Å²) in [5, 5.41) is 2.76. The van der Waals surface area contributed by atoms with Crippen molar-refractivity contribution in [2.24, 2.45) is 0 Å². The number of benzene rings is 1. The van der Waals surface area contributed by atoms with E-state index in [1.807, 2.05) is 0 Å². The molecule has 12 heteroatoms. The van der Waals surface area contributed by atoms with Crippen LogP contribution in [0.5, 0.6) is 0 Å². The van der Waals surface area contributed by atoms with Crippen molar-refractivity contribution in [1.82, 2.24) is 14.5 Å². The van der Waals surface area contributed by atoms with E-state index in [-0.39, 0.29) is 35.7 Å². The number of likely N-dealkylation sites (tertiary alicyclic amines) is 1. The molecule has 1 spiro atoms. The van der Waals surface area contributed by atoms with Crippen LogP contribution < -0.4 is 10.9 Å². The molecule has 1 aromatic carbocycles. The van der Waals surface area contributed by atoms with Gasteiger partial charge in [-0.25, -0.2) is 13.8 Å². The number of fused-ring (bicyclic) bond motifs is 2. The Morgan fingerprint density at radius 3 is 2.53 bits per heavy atom. The molecule has 0 bridgehead atoms. The Balaban J connectivity index is 1.41. The first-order valence-electron chi connectivity index (χ1n) is 11.8. The second-order valence-electron chi connectivity index (χ2n) is 9.40. The smallest absolute Gasteiger partial charge is 0.342 e. The van der Waals surface area contributed by atoms with Crippen molar-refractivity contribution in [1.29, 1.82) is 0 Å². The number of hydrogen-bond donors (Lipinski definition) is 1. The molecular weight excluding hydrogens is 511 g/mol. The van der Waals surface area contributed by atoms with E-state index in [1.54, 1.807) is 18.3 Å². The molecule has 0 unspecified atom stereocenters. The Kier molecular flexibility index (Phi) is 6.28. The standard InChI is InChI=1S/C26H21F5N4O3/c27-19-5-1-3-17(21(19)28)16-11-15(23(37)35(13-16)14-26(29,30)31)12-20(36)34-9-6-25(7-10-34)18-4-2-8-32-22(18)33-24(25)38/h1-5,8,11,13H,6-7,9-10,12,14H2,(H,32,33,38). The third-order valence-corrected chi connectivity index (χ3v) is 7.07. The van der Waals surface area contributed by atoms with Gasteiger partial charge in [-0.15, -0.1) is 0 Å². The largest absolute Gasteiger partial charge is 0.406 e. The highest BCUT2D eigenvalue weighted by molar-refractivity contribution is 6.05. The number of anilines is 1. The van der Waals surface area contributed by atoms with Crippen molar-refractivity contribution in [3.63, 3.8) is 0 Å². The number of halogens is 5. The number of amides is 2. The van der Waals surface area contributed by atoms with Crippen LogP contribution in [0.3, 0.4) is 0 Å². The Morgan fingerprint density at radius 2 is 1.82 bits per heavy atom. The summed E-state index contributed by atoms with van der Waals surface area (Å²) in [5.74, 6) is -2.75. The van der Waals surface area contributed by atoms with Crippen LogP contribution in [0.1, 0.15) is 24.0 Å². The zero-order valence-corrected chi connectivity index (χ0v) is 19.8. The average molecular weight is 532 g/mol. The summed E-state index contributed by atoms with van der Waals surface area (Å²) in [6, 6.07) is 7.86. The molecule has 0 aliphatic carbocycles. The summed E-state index contributed by atoms with van der Waals surface area (Å²) in [7, 11) is 0. The monoisotopic (exact) mass is 532 g/mol. The van der Waals surface area contributed by atoms with Gasteiger partial charge in [0.15, 0.2) is 11.6 Å². The fourth-order valence-corrected chi connectivity index (χ4v) is 5.16. The molecule has 3 aromatic rings. The SMILES string of the molecule is O=C(Cc1cc(-c2cccc(F)c2F)cn(CC(F)(F)F)c1=O)N1CCC2(CC1)C(=O)Nc1ncccc12. The lowest BCUT2D eigenvalue weighted by atomic mass is 9.74. The van der Waals surface area contributed by atoms with Gasteiger partial charge in [0.2, 0.25) is 11.8 Å². The van der Waals surface area contributed by atoms with E-state index in [2.05, 4.69) is 10.3 Å². The van der Waals surface area contributed by atoms with Crippen LogP contribution in [0.2, 0.25) is 0 Å².